The smallest absolute Gasteiger partial charge is 0.230 e. The van der Waals surface area contributed by atoms with Gasteiger partial charge in [-0.2, -0.15) is 4.98 Å². The molecule has 1 fully saturated rings. The van der Waals surface area contributed by atoms with Crippen molar-refractivity contribution in [3.63, 3.8) is 0 Å². The Balaban J connectivity index is 1.47. The van der Waals surface area contributed by atoms with Crippen LogP contribution in [-0.2, 0) is 0 Å². The molecule has 154 valence electrons. The number of aliphatic hydroxyl groups excluding tert-OH is 1. The SMILES string of the molecule is CC[C@H](C)n1c2cnccc2c2cnc(Nc3ccc(N4CC[C@@H](O)C4)cn3)nc21. The maximum absolute atomic E-state index is 9.73. The van der Waals surface area contributed by atoms with Gasteiger partial charge in [0.2, 0.25) is 5.95 Å². The van der Waals surface area contributed by atoms with Gasteiger partial charge < -0.3 is 19.9 Å². The van der Waals surface area contributed by atoms with Crippen LogP contribution in [0.3, 0.4) is 0 Å². The number of nitrogens with one attached hydrogen (secondary N) is 1. The van der Waals surface area contributed by atoms with Gasteiger partial charge in [0.05, 0.1) is 29.7 Å². The molecule has 0 radical (unpaired) electrons. The van der Waals surface area contributed by atoms with E-state index in [9.17, 15) is 5.11 Å². The molecule has 0 saturated carbocycles. The highest BCUT2D eigenvalue weighted by atomic mass is 16.3. The minimum atomic E-state index is -0.254. The molecule has 5 rings (SSSR count). The van der Waals surface area contributed by atoms with Gasteiger partial charge in [-0.15, -0.1) is 0 Å². The number of rotatable bonds is 5. The van der Waals surface area contributed by atoms with Gasteiger partial charge >= 0.3 is 0 Å². The van der Waals surface area contributed by atoms with Crippen LogP contribution in [0.5, 0.6) is 0 Å². The minimum Gasteiger partial charge on any atom is -0.391 e. The summed E-state index contributed by atoms with van der Waals surface area (Å²) in [6.45, 7) is 5.87. The highest BCUT2D eigenvalue weighted by molar-refractivity contribution is 6.06. The van der Waals surface area contributed by atoms with Crippen LogP contribution in [0.2, 0.25) is 0 Å². The summed E-state index contributed by atoms with van der Waals surface area (Å²) in [5.74, 6) is 1.20. The van der Waals surface area contributed by atoms with E-state index in [0.29, 0.717) is 24.4 Å². The first-order valence-corrected chi connectivity index (χ1v) is 10.4. The molecule has 1 aliphatic heterocycles. The second-order valence-electron chi connectivity index (χ2n) is 7.87. The topological polar surface area (TPSA) is 92.0 Å². The number of hydrogen-bond acceptors (Lipinski definition) is 7. The van der Waals surface area contributed by atoms with Gasteiger partial charge in [0, 0.05) is 42.3 Å². The zero-order chi connectivity index (χ0) is 20.7. The molecule has 0 bridgehead atoms. The molecule has 0 aliphatic carbocycles. The van der Waals surface area contributed by atoms with E-state index >= 15 is 0 Å². The highest BCUT2D eigenvalue weighted by Gasteiger charge is 2.21. The molecule has 30 heavy (non-hydrogen) atoms. The average molecular weight is 403 g/mol. The first kappa shape index (κ1) is 18.7. The third-order valence-electron chi connectivity index (χ3n) is 5.89. The van der Waals surface area contributed by atoms with Gasteiger partial charge in [0.25, 0.3) is 0 Å². The van der Waals surface area contributed by atoms with Crippen molar-refractivity contribution < 1.29 is 5.11 Å². The molecule has 2 atom stereocenters. The van der Waals surface area contributed by atoms with Crippen molar-refractivity contribution in [2.24, 2.45) is 0 Å². The van der Waals surface area contributed by atoms with Crippen LogP contribution in [0.15, 0.2) is 43.0 Å². The largest absolute Gasteiger partial charge is 0.391 e. The molecule has 0 aromatic carbocycles. The van der Waals surface area contributed by atoms with Crippen molar-refractivity contribution in [3.05, 3.63) is 43.0 Å². The predicted octanol–water partition coefficient (Wildman–Crippen LogP) is 3.66. The summed E-state index contributed by atoms with van der Waals surface area (Å²) >= 11 is 0. The highest BCUT2D eigenvalue weighted by Crippen LogP contribution is 2.31. The molecule has 0 spiro atoms. The number of hydrogen-bond donors (Lipinski definition) is 2. The van der Waals surface area contributed by atoms with Crippen LogP contribution in [0.4, 0.5) is 17.5 Å². The van der Waals surface area contributed by atoms with Gasteiger partial charge in [-0.3, -0.25) is 4.98 Å². The molecule has 0 unspecified atom stereocenters. The first-order valence-electron chi connectivity index (χ1n) is 10.4. The fraction of sp³-hybridized carbons (Fsp3) is 0.364. The fourth-order valence-electron chi connectivity index (χ4n) is 4.09. The van der Waals surface area contributed by atoms with E-state index in [0.717, 1.165) is 47.0 Å². The monoisotopic (exact) mass is 403 g/mol. The Labute approximate surface area is 174 Å². The lowest BCUT2D eigenvalue weighted by molar-refractivity contribution is 0.198. The Morgan fingerprint density at radius 2 is 2.07 bits per heavy atom. The van der Waals surface area contributed by atoms with Gasteiger partial charge in [-0.05, 0) is 38.0 Å². The third-order valence-corrected chi connectivity index (χ3v) is 5.89. The van der Waals surface area contributed by atoms with Crippen molar-refractivity contribution in [2.45, 2.75) is 38.8 Å². The van der Waals surface area contributed by atoms with Gasteiger partial charge in [-0.25, -0.2) is 9.97 Å². The summed E-state index contributed by atoms with van der Waals surface area (Å²) in [5.41, 5.74) is 2.98. The molecular weight excluding hydrogens is 378 g/mol. The van der Waals surface area contributed by atoms with Crippen LogP contribution in [0, 0.1) is 0 Å². The Morgan fingerprint density at radius 3 is 2.80 bits per heavy atom. The van der Waals surface area contributed by atoms with Crippen LogP contribution in [-0.4, -0.2) is 48.8 Å². The summed E-state index contributed by atoms with van der Waals surface area (Å²) in [6, 6.07) is 6.24. The van der Waals surface area contributed by atoms with E-state index in [2.05, 4.69) is 43.6 Å². The van der Waals surface area contributed by atoms with Crippen LogP contribution >= 0.6 is 0 Å². The molecule has 1 aliphatic rings. The van der Waals surface area contributed by atoms with Crippen molar-refractivity contribution in [1.82, 2.24) is 24.5 Å². The molecule has 1 saturated heterocycles. The average Bonchev–Trinajstić information content (AvgIpc) is 3.35. The summed E-state index contributed by atoms with van der Waals surface area (Å²) in [7, 11) is 0. The zero-order valence-electron chi connectivity index (χ0n) is 17.2. The summed E-state index contributed by atoms with van der Waals surface area (Å²) in [6.07, 6.45) is 8.93. The number of anilines is 3. The Kier molecular flexibility index (Phi) is 4.71. The third kappa shape index (κ3) is 3.23. The summed E-state index contributed by atoms with van der Waals surface area (Å²) in [5, 5.41) is 15.1. The van der Waals surface area contributed by atoms with Crippen LogP contribution < -0.4 is 10.2 Å². The van der Waals surface area contributed by atoms with Crippen molar-refractivity contribution in [2.75, 3.05) is 23.3 Å². The molecule has 2 N–H and O–H groups in total. The van der Waals surface area contributed by atoms with Crippen LogP contribution in [0.25, 0.3) is 21.9 Å². The Hall–Kier alpha value is -3.26. The zero-order valence-corrected chi connectivity index (χ0v) is 17.2. The quantitative estimate of drug-likeness (QED) is 0.525. The number of fused-ring (bicyclic) bond motifs is 3. The van der Waals surface area contributed by atoms with Gasteiger partial charge in [0.1, 0.15) is 11.5 Å². The summed E-state index contributed by atoms with van der Waals surface area (Å²) < 4.78 is 2.24. The molecular formula is C22H25N7O. The second kappa shape index (κ2) is 7.53. The second-order valence-corrected chi connectivity index (χ2v) is 7.87. The van der Waals surface area contributed by atoms with Crippen molar-refractivity contribution in [3.8, 4) is 0 Å². The molecule has 8 nitrogen and oxygen atoms in total. The maximum atomic E-state index is 9.73. The van der Waals surface area contributed by atoms with Gasteiger partial charge in [-0.1, -0.05) is 6.92 Å². The molecule has 0 amide bonds. The lowest BCUT2D eigenvalue weighted by Crippen LogP contribution is -2.21. The molecule has 4 aromatic heterocycles. The van der Waals surface area contributed by atoms with Crippen molar-refractivity contribution in [1.29, 1.82) is 0 Å². The number of nitrogens with zero attached hydrogens (tertiary/aromatic N) is 6. The molecule has 8 heteroatoms. The van der Waals surface area contributed by atoms with Gasteiger partial charge in [0.15, 0.2) is 0 Å². The van der Waals surface area contributed by atoms with Crippen LogP contribution in [0.1, 0.15) is 32.7 Å². The predicted molar refractivity (Wildman–Crippen MR) is 118 cm³/mol. The van der Waals surface area contributed by atoms with E-state index < -0.39 is 0 Å². The summed E-state index contributed by atoms with van der Waals surface area (Å²) in [4.78, 5) is 20.3. The number of aromatic nitrogens is 5. The normalized spacial score (nSPS) is 17.7. The number of pyridine rings is 2. The fourth-order valence-corrected chi connectivity index (χ4v) is 4.09. The molecule has 5 heterocycles. The first-order chi connectivity index (χ1) is 14.6. The minimum absolute atomic E-state index is 0.254. The van der Waals surface area contributed by atoms with E-state index in [1.807, 2.05) is 36.8 Å². The Morgan fingerprint density at radius 1 is 1.17 bits per heavy atom. The molecule has 4 aromatic rings. The standard InChI is InChI=1S/C22H25N7O/c1-3-14(2)29-19-12-23-8-6-17(19)18-11-25-22(27-21(18)29)26-20-5-4-15(10-24-20)28-9-7-16(30)13-28/h4-6,8,10-12,14,16,30H,3,7,9,13H2,1-2H3,(H,24,25,26,27)/t14-,16+/m0/s1. The maximum Gasteiger partial charge on any atom is 0.230 e. The van der Waals surface area contributed by atoms with E-state index in [1.165, 1.54) is 0 Å². The van der Waals surface area contributed by atoms with E-state index in [-0.39, 0.29) is 6.10 Å². The number of aliphatic hydroxyl groups is 1. The van der Waals surface area contributed by atoms with E-state index in [4.69, 9.17) is 4.98 Å². The lowest BCUT2D eigenvalue weighted by Gasteiger charge is -2.17. The van der Waals surface area contributed by atoms with Crippen molar-refractivity contribution >= 4 is 39.4 Å². The number of β-amino-alcohol motifs (C(OH)–C–C–N with tert-alkyl or cyclic N) is 1. The Bertz CT molecular complexity index is 1190. The van der Waals surface area contributed by atoms with E-state index in [1.54, 1.807) is 6.20 Å². The lowest BCUT2D eigenvalue weighted by atomic mass is 10.2.